The molecule has 0 saturated heterocycles. The van der Waals surface area contributed by atoms with Crippen LogP contribution < -0.4 is 4.80 Å². The number of nitrogens with zero attached hydrogens (tertiary/aromatic N) is 2. The van der Waals surface area contributed by atoms with Gasteiger partial charge in [0.2, 0.25) is 0 Å². The van der Waals surface area contributed by atoms with E-state index in [0.29, 0.717) is 4.80 Å². The Kier molecular flexibility index (Phi) is 5.79. The molecule has 5 nitrogen and oxygen atoms in total. The molecule has 28 heavy (non-hydrogen) atoms. The molecular formula is C22H24N2O3S. The van der Waals surface area contributed by atoms with Crippen LogP contribution in [0.2, 0.25) is 0 Å². The molecule has 2 aromatic carbocycles. The van der Waals surface area contributed by atoms with Crippen LogP contribution in [0.25, 0.3) is 10.2 Å². The number of rotatable bonds is 4. The second-order valence-electron chi connectivity index (χ2n) is 7.09. The van der Waals surface area contributed by atoms with Gasteiger partial charge in [-0.25, -0.2) is 0 Å². The number of benzene rings is 2. The summed E-state index contributed by atoms with van der Waals surface area (Å²) in [6, 6.07) is 10.2. The summed E-state index contributed by atoms with van der Waals surface area (Å²) in [7, 11) is 1.36. The first-order valence-electron chi connectivity index (χ1n) is 9.09. The number of amides is 1. The van der Waals surface area contributed by atoms with Gasteiger partial charge in [0.25, 0.3) is 5.91 Å². The van der Waals surface area contributed by atoms with Crippen molar-refractivity contribution in [1.82, 2.24) is 4.57 Å². The molecule has 0 atom stereocenters. The Morgan fingerprint density at radius 2 is 1.79 bits per heavy atom. The Bertz CT molecular complexity index is 1140. The minimum absolute atomic E-state index is 0.0228. The minimum Gasteiger partial charge on any atom is -0.468 e. The van der Waals surface area contributed by atoms with Crippen LogP contribution in [0, 0.1) is 27.7 Å². The molecule has 0 aliphatic carbocycles. The Labute approximate surface area is 168 Å². The van der Waals surface area contributed by atoms with Gasteiger partial charge in [0.1, 0.15) is 6.54 Å². The van der Waals surface area contributed by atoms with Crippen LogP contribution in [0.4, 0.5) is 0 Å². The zero-order chi connectivity index (χ0) is 20.4. The van der Waals surface area contributed by atoms with Gasteiger partial charge >= 0.3 is 5.97 Å². The monoisotopic (exact) mass is 396 g/mol. The quantitative estimate of drug-likeness (QED) is 0.631. The fourth-order valence-electron chi connectivity index (χ4n) is 3.24. The maximum atomic E-state index is 12.7. The number of fused-ring (bicyclic) bond motifs is 1. The van der Waals surface area contributed by atoms with Crippen LogP contribution in [0.15, 0.2) is 35.3 Å². The Morgan fingerprint density at radius 3 is 2.50 bits per heavy atom. The third kappa shape index (κ3) is 4.22. The van der Waals surface area contributed by atoms with Gasteiger partial charge < -0.3 is 9.30 Å². The summed E-state index contributed by atoms with van der Waals surface area (Å²) >= 11 is 1.43. The van der Waals surface area contributed by atoms with Gasteiger partial charge in [-0.3, -0.25) is 9.59 Å². The van der Waals surface area contributed by atoms with Crippen molar-refractivity contribution in [1.29, 1.82) is 0 Å². The first kappa shape index (κ1) is 20.0. The molecule has 1 aromatic heterocycles. The molecule has 0 bridgehead atoms. The zero-order valence-electron chi connectivity index (χ0n) is 16.8. The maximum absolute atomic E-state index is 12.7. The summed E-state index contributed by atoms with van der Waals surface area (Å²) in [5.41, 5.74) is 6.24. The van der Waals surface area contributed by atoms with Gasteiger partial charge in [-0.15, -0.1) is 0 Å². The number of methoxy groups -OCH3 is 1. The van der Waals surface area contributed by atoms with Gasteiger partial charge in [-0.05, 0) is 56.0 Å². The number of carbonyl (C=O) groups is 2. The fourth-order valence-corrected chi connectivity index (χ4v) is 4.34. The van der Waals surface area contributed by atoms with Crippen LogP contribution in [-0.2, 0) is 27.3 Å². The van der Waals surface area contributed by atoms with E-state index >= 15 is 0 Å². The molecule has 1 amide bonds. The minimum atomic E-state index is -0.373. The second kappa shape index (κ2) is 8.10. The molecule has 0 unspecified atom stereocenters. The number of esters is 1. The summed E-state index contributed by atoms with van der Waals surface area (Å²) in [4.78, 5) is 29.5. The first-order chi connectivity index (χ1) is 13.3. The fraction of sp³-hybridized carbons (Fsp3) is 0.318. The highest BCUT2D eigenvalue weighted by Gasteiger charge is 2.14. The van der Waals surface area contributed by atoms with Crippen LogP contribution in [0.5, 0.6) is 0 Å². The smallest absolute Gasteiger partial charge is 0.325 e. The third-order valence-electron chi connectivity index (χ3n) is 4.70. The number of thiazole rings is 1. The van der Waals surface area contributed by atoms with E-state index in [0.717, 1.165) is 38.0 Å². The Hall–Kier alpha value is -2.73. The number of hydrogen-bond donors (Lipinski definition) is 0. The second-order valence-corrected chi connectivity index (χ2v) is 8.07. The standard InChI is InChI=1S/C22H24N2O3S/c1-13-6-7-15(3)17(9-13)11-19(25)23-22-24(12-20(26)27-5)18-10-14(2)8-16(4)21(18)28-22/h6-10H,11-12H2,1-5H3. The van der Waals surface area contributed by atoms with E-state index < -0.39 is 0 Å². The van der Waals surface area contributed by atoms with Crippen molar-refractivity contribution in [3.63, 3.8) is 0 Å². The average Bonchev–Trinajstić information content (AvgIpc) is 2.95. The molecule has 3 aromatic rings. The number of ether oxygens (including phenoxy) is 1. The molecule has 0 saturated carbocycles. The van der Waals surface area contributed by atoms with Crippen molar-refractivity contribution in [2.24, 2.45) is 4.99 Å². The molecule has 0 aliphatic rings. The van der Waals surface area contributed by atoms with Crippen LogP contribution >= 0.6 is 11.3 Å². The van der Waals surface area contributed by atoms with Crippen molar-refractivity contribution < 1.29 is 14.3 Å². The number of aromatic nitrogens is 1. The van der Waals surface area contributed by atoms with E-state index in [1.165, 1.54) is 18.4 Å². The first-order valence-corrected chi connectivity index (χ1v) is 9.91. The maximum Gasteiger partial charge on any atom is 0.325 e. The molecule has 0 fully saturated rings. The van der Waals surface area contributed by atoms with Crippen molar-refractivity contribution in [2.45, 2.75) is 40.7 Å². The van der Waals surface area contributed by atoms with E-state index in [-0.39, 0.29) is 24.8 Å². The van der Waals surface area contributed by atoms with E-state index in [1.807, 2.05) is 52.0 Å². The summed E-state index contributed by atoms with van der Waals surface area (Å²) in [6.07, 6.45) is 0.234. The molecule has 1 heterocycles. The largest absolute Gasteiger partial charge is 0.468 e. The van der Waals surface area contributed by atoms with Gasteiger partial charge in [0.15, 0.2) is 4.80 Å². The third-order valence-corrected chi connectivity index (χ3v) is 5.93. The number of aryl methyl sites for hydroxylation is 4. The molecule has 0 aliphatic heterocycles. The normalized spacial score (nSPS) is 11.8. The number of carbonyl (C=O) groups excluding carboxylic acids is 2. The van der Waals surface area contributed by atoms with Crippen molar-refractivity contribution in [3.05, 3.63) is 63.0 Å². The molecule has 146 valence electrons. The topological polar surface area (TPSA) is 60.7 Å². The summed E-state index contributed by atoms with van der Waals surface area (Å²) in [5.74, 6) is -0.601. The lowest BCUT2D eigenvalue weighted by molar-refractivity contribution is -0.141. The molecule has 0 N–H and O–H groups in total. The van der Waals surface area contributed by atoms with E-state index in [1.54, 1.807) is 4.57 Å². The van der Waals surface area contributed by atoms with Crippen molar-refractivity contribution >= 4 is 33.4 Å². The molecule has 3 rings (SSSR count). The average molecular weight is 397 g/mol. The molecule has 6 heteroatoms. The molecule has 0 spiro atoms. The van der Waals surface area contributed by atoms with E-state index in [4.69, 9.17) is 4.74 Å². The van der Waals surface area contributed by atoms with Gasteiger partial charge in [-0.1, -0.05) is 41.2 Å². The van der Waals surface area contributed by atoms with Crippen LogP contribution in [-0.4, -0.2) is 23.6 Å². The van der Waals surface area contributed by atoms with Crippen LogP contribution in [0.3, 0.4) is 0 Å². The Balaban J connectivity index is 2.08. The highest BCUT2D eigenvalue weighted by Crippen LogP contribution is 2.23. The summed E-state index contributed by atoms with van der Waals surface area (Å²) in [5, 5.41) is 0. The predicted molar refractivity (Wildman–Crippen MR) is 111 cm³/mol. The zero-order valence-corrected chi connectivity index (χ0v) is 17.6. The van der Waals surface area contributed by atoms with E-state index in [9.17, 15) is 9.59 Å². The highest BCUT2D eigenvalue weighted by atomic mass is 32.1. The SMILES string of the molecule is COC(=O)Cn1c(=NC(=O)Cc2cc(C)ccc2C)sc2c(C)cc(C)cc21. The molecular weight excluding hydrogens is 372 g/mol. The summed E-state index contributed by atoms with van der Waals surface area (Å²) in [6.45, 7) is 8.05. The molecule has 0 radical (unpaired) electrons. The van der Waals surface area contributed by atoms with Gasteiger partial charge in [0.05, 0.1) is 23.7 Å². The lowest BCUT2D eigenvalue weighted by atomic mass is 10.0. The van der Waals surface area contributed by atoms with Crippen LogP contribution in [0.1, 0.15) is 27.8 Å². The predicted octanol–water partition coefficient (Wildman–Crippen LogP) is 3.78. The van der Waals surface area contributed by atoms with Crippen molar-refractivity contribution in [2.75, 3.05) is 7.11 Å². The van der Waals surface area contributed by atoms with Crippen molar-refractivity contribution in [3.8, 4) is 0 Å². The van der Waals surface area contributed by atoms with Gasteiger partial charge in [-0.2, -0.15) is 4.99 Å². The van der Waals surface area contributed by atoms with Gasteiger partial charge in [0, 0.05) is 0 Å². The lowest BCUT2D eigenvalue weighted by Gasteiger charge is -2.06. The number of hydrogen-bond acceptors (Lipinski definition) is 4. The lowest BCUT2D eigenvalue weighted by Crippen LogP contribution is -2.22. The van der Waals surface area contributed by atoms with E-state index in [2.05, 4.69) is 11.1 Å². The Morgan fingerprint density at radius 1 is 1.04 bits per heavy atom. The summed E-state index contributed by atoms with van der Waals surface area (Å²) < 4.78 is 7.63. The highest BCUT2D eigenvalue weighted by molar-refractivity contribution is 7.16.